The number of carbonyl (C=O) groups excluding carboxylic acids is 2. The van der Waals surface area contributed by atoms with Crippen molar-refractivity contribution in [2.45, 2.75) is 26.9 Å². The highest BCUT2D eigenvalue weighted by molar-refractivity contribution is 5.97. The van der Waals surface area contributed by atoms with Crippen LogP contribution in [0.5, 0.6) is 11.5 Å². The third kappa shape index (κ3) is 4.75. The first-order chi connectivity index (χ1) is 14.2. The second-order valence-corrected chi connectivity index (χ2v) is 6.74. The number of fused-ring (bicyclic) bond motifs is 1. The van der Waals surface area contributed by atoms with Crippen molar-refractivity contribution in [3.8, 4) is 11.5 Å². The highest BCUT2D eigenvalue weighted by Gasteiger charge is 2.23. The lowest BCUT2D eigenvalue weighted by molar-refractivity contribution is -0.385. The van der Waals surface area contributed by atoms with Gasteiger partial charge in [-0.2, -0.15) is 0 Å². The summed E-state index contributed by atoms with van der Waals surface area (Å²) < 4.78 is 15.4. The molecule has 0 saturated heterocycles. The van der Waals surface area contributed by atoms with Gasteiger partial charge < -0.3 is 19.5 Å². The van der Waals surface area contributed by atoms with Crippen LogP contribution in [0.25, 0.3) is 6.08 Å². The van der Waals surface area contributed by atoms with Crippen LogP contribution in [0.15, 0.2) is 36.4 Å². The van der Waals surface area contributed by atoms with Crippen molar-refractivity contribution in [3.63, 3.8) is 0 Å². The van der Waals surface area contributed by atoms with Crippen molar-refractivity contribution < 1.29 is 28.7 Å². The molecule has 156 valence electrons. The Kier molecular flexibility index (Phi) is 6.01. The van der Waals surface area contributed by atoms with Gasteiger partial charge in [0.25, 0.3) is 11.6 Å². The molecule has 0 aliphatic carbocycles. The monoisotopic (exact) mass is 412 g/mol. The molecule has 2 aromatic rings. The quantitative estimate of drug-likeness (QED) is 0.334. The lowest BCUT2D eigenvalue weighted by Gasteiger charge is -2.14. The summed E-state index contributed by atoms with van der Waals surface area (Å²) in [6.07, 6.45) is 1.19. The maximum atomic E-state index is 12.3. The van der Waals surface area contributed by atoms with Crippen LogP contribution in [0.4, 0.5) is 11.4 Å². The van der Waals surface area contributed by atoms with Gasteiger partial charge in [0, 0.05) is 11.8 Å². The standard InChI is InChI=1S/C21H20N2O7/c1-12-4-5-13(2)16(8-12)22-21(25)14(3)30-20(24)7-6-15-9-18-19(29-11-28-18)10-17(15)23(26)27/h4-10,14H,11H2,1-3H3,(H,22,25)/b7-6+/t14-/m0/s1. The van der Waals surface area contributed by atoms with E-state index in [-0.39, 0.29) is 23.8 Å². The fraction of sp³-hybridized carbons (Fsp3) is 0.238. The van der Waals surface area contributed by atoms with E-state index < -0.39 is 22.9 Å². The van der Waals surface area contributed by atoms with E-state index in [4.69, 9.17) is 14.2 Å². The predicted molar refractivity (Wildman–Crippen MR) is 108 cm³/mol. The van der Waals surface area contributed by atoms with Crippen LogP contribution < -0.4 is 14.8 Å². The van der Waals surface area contributed by atoms with E-state index in [2.05, 4.69) is 5.32 Å². The highest BCUT2D eigenvalue weighted by Crippen LogP contribution is 2.38. The number of nitro benzene ring substituents is 1. The molecule has 0 aromatic heterocycles. The molecule has 30 heavy (non-hydrogen) atoms. The number of nitrogens with one attached hydrogen (secondary N) is 1. The van der Waals surface area contributed by atoms with E-state index in [0.717, 1.165) is 17.2 Å². The topological polar surface area (TPSA) is 117 Å². The van der Waals surface area contributed by atoms with E-state index in [9.17, 15) is 19.7 Å². The molecule has 3 rings (SSSR count). The molecule has 2 aromatic carbocycles. The number of anilines is 1. The van der Waals surface area contributed by atoms with Gasteiger partial charge in [0.15, 0.2) is 17.6 Å². The second kappa shape index (κ2) is 8.64. The van der Waals surface area contributed by atoms with Gasteiger partial charge in [-0.15, -0.1) is 0 Å². The number of aryl methyl sites for hydroxylation is 2. The normalized spacial score (nSPS) is 13.2. The fourth-order valence-electron chi connectivity index (χ4n) is 2.77. The number of esters is 1. The average molecular weight is 412 g/mol. The van der Waals surface area contributed by atoms with E-state index >= 15 is 0 Å². The van der Waals surface area contributed by atoms with Gasteiger partial charge in [-0.25, -0.2) is 4.79 Å². The predicted octanol–water partition coefficient (Wildman–Crippen LogP) is 3.52. The average Bonchev–Trinajstić information content (AvgIpc) is 3.15. The fourth-order valence-corrected chi connectivity index (χ4v) is 2.77. The van der Waals surface area contributed by atoms with Crippen molar-refractivity contribution in [2.24, 2.45) is 0 Å². The molecule has 1 aliphatic rings. The maximum Gasteiger partial charge on any atom is 0.331 e. The summed E-state index contributed by atoms with van der Waals surface area (Å²) in [6, 6.07) is 8.26. The zero-order chi connectivity index (χ0) is 21.8. The summed E-state index contributed by atoms with van der Waals surface area (Å²) in [5.41, 5.74) is 2.39. The Labute approximate surface area is 172 Å². The second-order valence-electron chi connectivity index (χ2n) is 6.74. The van der Waals surface area contributed by atoms with Gasteiger partial charge in [-0.3, -0.25) is 14.9 Å². The Morgan fingerprint density at radius 2 is 1.90 bits per heavy atom. The van der Waals surface area contributed by atoms with Crippen LogP contribution in [0.3, 0.4) is 0 Å². The first-order valence-corrected chi connectivity index (χ1v) is 9.09. The Hall–Kier alpha value is -3.88. The minimum absolute atomic E-state index is 0.0330. The molecule has 0 bridgehead atoms. The zero-order valence-corrected chi connectivity index (χ0v) is 16.6. The zero-order valence-electron chi connectivity index (χ0n) is 16.6. The lowest BCUT2D eigenvalue weighted by Crippen LogP contribution is -2.29. The van der Waals surface area contributed by atoms with Crippen LogP contribution in [-0.2, 0) is 14.3 Å². The minimum atomic E-state index is -1.06. The molecule has 9 nitrogen and oxygen atoms in total. The number of amides is 1. The van der Waals surface area contributed by atoms with Gasteiger partial charge >= 0.3 is 5.97 Å². The van der Waals surface area contributed by atoms with E-state index in [1.807, 2.05) is 32.0 Å². The van der Waals surface area contributed by atoms with E-state index in [1.165, 1.54) is 25.1 Å². The van der Waals surface area contributed by atoms with E-state index in [0.29, 0.717) is 11.4 Å². The van der Waals surface area contributed by atoms with Gasteiger partial charge in [-0.05, 0) is 50.1 Å². The third-order valence-corrected chi connectivity index (χ3v) is 4.43. The first kappa shape index (κ1) is 20.8. The Balaban J connectivity index is 1.66. The summed E-state index contributed by atoms with van der Waals surface area (Å²) in [4.78, 5) is 35.1. The number of rotatable bonds is 6. The SMILES string of the molecule is Cc1ccc(C)c(NC(=O)[C@H](C)OC(=O)/C=C/c2cc3c(cc2[N+](=O)[O-])OCO3)c1. The van der Waals surface area contributed by atoms with Crippen LogP contribution in [0, 0.1) is 24.0 Å². The minimum Gasteiger partial charge on any atom is -0.454 e. The van der Waals surface area contributed by atoms with Crippen molar-refractivity contribution in [1.29, 1.82) is 0 Å². The number of nitrogens with zero attached hydrogens (tertiary/aromatic N) is 1. The molecular formula is C21H20N2O7. The van der Waals surface area contributed by atoms with Gasteiger partial charge in [0.1, 0.15) is 0 Å². The molecule has 1 N–H and O–H groups in total. The maximum absolute atomic E-state index is 12.3. The van der Waals surface area contributed by atoms with E-state index in [1.54, 1.807) is 0 Å². The number of ether oxygens (including phenoxy) is 3. The smallest absolute Gasteiger partial charge is 0.331 e. The molecule has 1 amide bonds. The lowest BCUT2D eigenvalue weighted by atomic mass is 10.1. The molecule has 0 fully saturated rings. The first-order valence-electron chi connectivity index (χ1n) is 9.09. The summed E-state index contributed by atoms with van der Waals surface area (Å²) in [5.74, 6) is -0.696. The van der Waals surface area contributed by atoms with Crippen LogP contribution in [-0.4, -0.2) is 29.7 Å². The summed E-state index contributed by atoms with van der Waals surface area (Å²) in [5, 5.41) is 14.0. The number of nitro groups is 1. The Bertz CT molecular complexity index is 1050. The van der Waals surface area contributed by atoms with Crippen molar-refractivity contribution >= 4 is 29.3 Å². The van der Waals surface area contributed by atoms with Crippen LogP contribution >= 0.6 is 0 Å². The molecule has 1 aliphatic heterocycles. The number of carbonyl (C=O) groups is 2. The molecule has 0 spiro atoms. The largest absolute Gasteiger partial charge is 0.454 e. The summed E-state index contributed by atoms with van der Waals surface area (Å²) >= 11 is 0. The summed E-state index contributed by atoms with van der Waals surface area (Å²) in [6.45, 7) is 5.16. The molecule has 1 atom stereocenters. The van der Waals surface area contributed by atoms with Crippen molar-refractivity contribution in [2.75, 3.05) is 12.1 Å². The van der Waals surface area contributed by atoms with Crippen LogP contribution in [0.1, 0.15) is 23.6 Å². The van der Waals surface area contributed by atoms with Crippen molar-refractivity contribution in [3.05, 3.63) is 63.2 Å². The summed E-state index contributed by atoms with van der Waals surface area (Å²) in [7, 11) is 0. The molecule has 0 saturated carbocycles. The molecule has 9 heteroatoms. The Morgan fingerprint density at radius 1 is 1.20 bits per heavy atom. The molecule has 0 radical (unpaired) electrons. The highest BCUT2D eigenvalue weighted by atomic mass is 16.7. The van der Waals surface area contributed by atoms with Gasteiger partial charge in [0.05, 0.1) is 16.6 Å². The molecule has 0 unspecified atom stereocenters. The molecule has 1 heterocycles. The number of hydrogen-bond donors (Lipinski definition) is 1. The number of benzene rings is 2. The van der Waals surface area contributed by atoms with Gasteiger partial charge in [0.2, 0.25) is 6.79 Å². The van der Waals surface area contributed by atoms with Crippen LogP contribution in [0.2, 0.25) is 0 Å². The number of hydrogen-bond acceptors (Lipinski definition) is 7. The molecular weight excluding hydrogens is 392 g/mol. The van der Waals surface area contributed by atoms with Gasteiger partial charge in [-0.1, -0.05) is 12.1 Å². The van der Waals surface area contributed by atoms with Crippen molar-refractivity contribution in [1.82, 2.24) is 0 Å². The Morgan fingerprint density at radius 3 is 2.60 bits per heavy atom. The third-order valence-electron chi connectivity index (χ3n) is 4.43.